The Morgan fingerprint density at radius 3 is 2.36 bits per heavy atom. The van der Waals surface area contributed by atoms with Crippen LogP contribution >= 0.6 is 0 Å². The van der Waals surface area contributed by atoms with E-state index in [-0.39, 0.29) is 11.3 Å². The summed E-state index contributed by atoms with van der Waals surface area (Å²) in [6, 6.07) is 2.41. The average molecular weight is 204 g/mol. The van der Waals surface area contributed by atoms with Gasteiger partial charge in [0, 0.05) is 11.3 Å². The highest BCUT2D eigenvalue weighted by Gasteiger charge is 2.38. The van der Waals surface area contributed by atoms with Gasteiger partial charge in [-0.05, 0) is 13.0 Å². The highest BCUT2D eigenvalue weighted by Crippen LogP contribution is 2.33. The van der Waals surface area contributed by atoms with Gasteiger partial charge in [-0.2, -0.15) is 13.2 Å². The molecular formula is C9H11F3N2. The molecule has 1 aromatic carbocycles. The normalized spacial score (nSPS) is 14.1. The predicted molar refractivity (Wildman–Crippen MR) is 48.6 cm³/mol. The molecule has 0 bridgehead atoms. The lowest BCUT2D eigenvalue weighted by Gasteiger charge is -2.18. The van der Waals surface area contributed by atoms with E-state index in [9.17, 15) is 13.2 Å². The summed E-state index contributed by atoms with van der Waals surface area (Å²) >= 11 is 0. The van der Waals surface area contributed by atoms with Gasteiger partial charge in [0.1, 0.15) is 6.04 Å². The van der Waals surface area contributed by atoms with Gasteiger partial charge in [-0.1, -0.05) is 17.7 Å². The molecule has 1 atom stereocenters. The van der Waals surface area contributed by atoms with Gasteiger partial charge in [-0.15, -0.1) is 0 Å². The number of halogens is 3. The van der Waals surface area contributed by atoms with E-state index in [0.29, 0.717) is 5.56 Å². The van der Waals surface area contributed by atoms with Crippen LogP contribution in [0.15, 0.2) is 18.2 Å². The van der Waals surface area contributed by atoms with E-state index in [1.54, 1.807) is 13.0 Å². The van der Waals surface area contributed by atoms with Gasteiger partial charge in [0.05, 0.1) is 0 Å². The number of aryl methyl sites for hydroxylation is 1. The Morgan fingerprint density at radius 1 is 1.29 bits per heavy atom. The van der Waals surface area contributed by atoms with Gasteiger partial charge in [0.15, 0.2) is 0 Å². The van der Waals surface area contributed by atoms with Crippen molar-refractivity contribution in [1.82, 2.24) is 0 Å². The molecule has 0 aliphatic carbocycles. The summed E-state index contributed by atoms with van der Waals surface area (Å²) in [6.07, 6.45) is -4.46. The molecule has 1 rings (SSSR count). The van der Waals surface area contributed by atoms with Crippen molar-refractivity contribution >= 4 is 5.69 Å². The molecule has 0 amide bonds. The second kappa shape index (κ2) is 3.49. The molecule has 2 nitrogen and oxygen atoms in total. The monoisotopic (exact) mass is 204 g/mol. The van der Waals surface area contributed by atoms with Crippen molar-refractivity contribution in [3.8, 4) is 0 Å². The Morgan fingerprint density at radius 2 is 1.86 bits per heavy atom. The first-order valence-corrected chi connectivity index (χ1v) is 4.00. The molecule has 0 saturated carbocycles. The van der Waals surface area contributed by atoms with E-state index in [0.717, 1.165) is 0 Å². The van der Waals surface area contributed by atoms with E-state index in [1.807, 2.05) is 0 Å². The molecule has 0 heterocycles. The number of hydrogen-bond donors (Lipinski definition) is 2. The standard InChI is InChI=1S/C9H11F3N2/c1-5-2-3-7(13)6(4-5)8(14)9(10,11)12/h2-4,8H,13-14H2,1H3/t8-/m1/s1. The van der Waals surface area contributed by atoms with Gasteiger partial charge >= 0.3 is 6.18 Å². The molecular weight excluding hydrogens is 193 g/mol. The van der Waals surface area contributed by atoms with E-state index < -0.39 is 12.2 Å². The quantitative estimate of drug-likeness (QED) is 0.688. The third-order valence-corrected chi connectivity index (χ3v) is 1.93. The summed E-state index contributed by atoms with van der Waals surface area (Å²) in [6.45, 7) is 1.69. The van der Waals surface area contributed by atoms with Crippen LogP contribution in [0, 0.1) is 6.92 Å². The fourth-order valence-electron chi connectivity index (χ4n) is 1.14. The van der Waals surface area contributed by atoms with Crippen LogP contribution in [0.5, 0.6) is 0 Å². The second-order valence-electron chi connectivity index (χ2n) is 3.15. The lowest BCUT2D eigenvalue weighted by Crippen LogP contribution is -2.29. The summed E-state index contributed by atoms with van der Waals surface area (Å²) < 4.78 is 36.8. The first-order valence-electron chi connectivity index (χ1n) is 4.00. The number of nitrogen functional groups attached to an aromatic ring is 1. The van der Waals surface area contributed by atoms with Crippen LogP contribution in [0.1, 0.15) is 17.2 Å². The third-order valence-electron chi connectivity index (χ3n) is 1.93. The van der Waals surface area contributed by atoms with Crippen molar-refractivity contribution in [3.05, 3.63) is 29.3 Å². The van der Waals surface area contributed by atoms with Crippen LogP contribution in [0.2, 0.25) is 0 Å². The minimum absolute atomic E-state index is 0.0698. The van der Waals surface area contributed by atoms with Crippen molar-refractivity contribution in [1.29, 1.82) is 0 Å². The highest BCUT2D eigenvalue weighted by atomic mass is 19.4. The Labute approximate surface area is 79.7 Å². The van der Waals surface area contributed by atoms with Gasteiger partial charge < -0.3 is 11.5 Å². The van der Waals surface area contributed by atoms with Crippen molar-refractivity contribution < 1.29 is 13.2 Å². The average Bonchev–Trinajstić information content (AvgIpc) is 2.06. The first kappa shape index (κ1) is 10.8. The maximum absolute atomic E-state index is 12.3. The van der Waals surface area contributed by atoms with Gasteiger partial charge in [-0.3, -0.25) is 0 Å². The lowest BCUT2D eigenvalue weighted by molar-refractivity contribution is -0.149. The first-order chi connectivity index (χ1) is 6.32. The fraction of sp³-hybridized carbons (Fsp3) is 0.333. The Balaban J connectivity index is 3.12. The van der Waals surface area contributed by atoms with Gasteiger partial charge in [0.2, 0.25) is 0 Å². The highest BCUT2D eigenvalue weighted by molar-refractivity contribution is 5.50. The van der Waals surface area contributed by atoms with Crippen LogP contribution < -0.4 is 11.5 Å². The molecule has 0 spiro atoms. The van der Waals surface area contributed by atoms with E-state index in [4.69, 9.17) is 11.5 Å². The topological polar surface area (TPSA) is 52.0 Å². The zero-order chi connectivity index (χ0) is 10.9. The van der Waals surface area contributed by atoms with Crippen LogP contribution in [0.4, 0.5) is 18.9 Å². The summed E-state index contributed by atoms with van der Waals surface area (Å²) in [5.74, 6) is 0. The maximum Gasteiger partial charge on any atom is 0.407 e. The number of anilines is 1. The summed E-state index contributed by atoms with van der Waals surface area (Å²) in [5, 5.41) is 0. The summed E-state index contributed by atoms with van der Waals surface area (Å²) in [7, 11) is 0. The van der Waals surface area contributed by atoms with Crippen molar-refractivity contribution in [2.45, 2.75) is 19.1 Å². The molecule has 1 aromatic rings. The van der Waals surface area contributed by atoms with E-state index in [2.05, 4.69) is 0 Å². The lowest BCUT2D eigenvalue weighted by atomic mass is 10.0. The van der Waals surface area contributed by atoms with Crippen molar-refractivity contribution in [2.24, 2.45) is 5.73 Å². The molecule has 78 valence electrons. The van der Waals surface area contributed by atoms with Crippen LogP contribution in [-0.2, 0) is 0 Å². The zero-order valence-electron chi connectivity index (χ0n) is 7.60. The number of hydrogen-bond acceptors (Lipinski definition) is 2. The third kappa shape index (κ3) is 2.17. The Bertz CT molecular complexity index is 333. The number of nitrogens with two attached hydrogens (primary N) is 2. The Kier molecular flexibility index (Phi) is 2.71. The predicted octanol–water partition coefficient (Wildman–Crippen LogP) is 2.14. The minimum atomic E-state index is -4.46. The largest absolute Gasteiger partial charge is 0.407 e. The Hall–Kier alpha value is -1.23. The molecule has 0 fully saturated rings. The number of benzene rings is 1. The van der Waals surface area contributed by atoms with Crippen molar-refractivity contribution in [2.75, 3.05) is 5.73 Å². The SMILES string of the molecule is Cc1ccc(N)c([C@@H](N)C(F)(F)F)c1. The number of rotatable bonds is 1. The minimum Gasteiger partial charge on any atom is -0.398 e. The zero-order valence-corrected chi connectivity index (χ0v) is 7.60. The second-order valence-corrected chi connectivity index (χ2v) is 3.15. The molecule has 0 aliphatic rings. The molecule has 0 saturated heterocycles. The van der Waals surface area contributed by atoms with E-state index >= 15 is 0 Å². The van der Waals surface area contributed by atoms with Crippen LogP contribution in [0.3, 0.4) is 0 Å². The van der Waals surface area contributed by atoms with E-state index in [1.165, 1.54) is 12.1 Å². The molecule has 0 unspecified atom stereocenters. The summed E-state index contributed by atoms with van der Waals surface area (Å²) in [4.78, 5) is 0. The summed E-state index contributed by atoms with van der Waals surface area (Å²) in [5.41, 5.74) is 11.1. The fourth-order valence-corrected chi connectivity index (χ4v) is 1.14. The molecule has 14 heavy (non-hydrogen) atoms. The van der Waals surface area contributed by atoms with Crippen molar-refractivity contribution in [3.63, 3.8) is 0 Å². The molecule has 0 aromatic heterocycles. The molecule has 0 aliphatic heterocycles. The smallest absolute Gasteiger partial charge is 0.398 e. The number of alkyl halides is 3. The molecule has 5 heteroatoms. The molecule has 4 N–H and O–H groups in total. The molecule has 0 radical (unpaired) electrons. The van der Waals surface area contributed by atoms with Crippen LogP contribution in [-0.4, -0.2) is 6.18 Å². The van der Waals surface area contributed by atoms with Crippen LogP contribution in [0.25, 0.3) is 0 Å². The van der Waals surface area contributed by atoms with Gasteiger partial charge in [0.25, 0.3) is 0 Å². The maximum atomic E-state index is 12.3. The van der Waals surface area contributed by atoms with Gasteiger partial charge in [-0.25, -0.2) is 0 Å².